The fourth-order valence-electron chi connectivity index (χ4n) is 5.61. The Bertz CT molecular complexity index is 1620. The molecule has 43 heavy (non-hydrogen) atoms. The first-order chi connectivity index (χ1) is 20.7. The highest BCUT2D eigenvalue weighted by Gasteiger charge is 2.40. The molecule has 0 unspecified atom stereocenters. The summed E-state index contributed by atoms with van der Waals surface area (Å²) in [5.41, 5.74) is 5.06. The molecule has 1 saturated carbocycles. The Hall–Kier alpha value is -4.03. The normalized spacial score (nSPS) is 17.0. The Morgan fingerprint density at radius 2 is 1.86 bits per heavy atom. The molecular formula is C31H39N7O4S. The van der Waals surface area contributed by atoms with E-state index in [4.69, 9.17) is 14.5 Å². The van der Waals surface area contributed by atoms with Crippen molar-refractivity contribution < 1.29 is 17.9 Å². The topological polar surface area (TPSA) is 112 Å². The van der Waals surface area contributed by atoms with Crippen molar-refractivity contribution in [1.82, 2.24) is 14.9 Å². The maximum Gasteiger partial charge on any atom is 0.232 e. The van der Waals surface area contributed by atoms with Crippen LogP contribution in [0.15, 0.2) is 43.1 Å². The number of nitrogens with zero attached hydrogens (tertiary/aromatic N) is 5. The lowest BCUT2D eigenvalue weighted by Gasteiger charge is -2.35. The Balaban J connectivity index is 1.32. The number of anilines is 6. The van der Waals surface area contributed by atoms with Crippen LogP contribution in [-0.4, -0.2) is 82.0 Å². The minimum absolute atomic E-state index is 0.129. The standard InChI is InChI=1S/C31H39N7O4S/c1-5-21-19-23(7-11-26(21)37-15-13-36(3)14-16-37)33-31-32-20-22(6-2)30(35-31)34-25-10-12-27-29(42-18-17-41-27)28(25)38(24-8-9-24)43(4,39)40/h6-7,10-12,19-20,24H,2,5,8-9,13-18H2,1,3-4H3,(H2,32,33,34,35). The van der Waals surface area contributed by atoms with Crippen molar-refractivity contribution in [1.29, 1.82) is 0 Å². The van der Waals surface area contributed by atoms with E-state index in [1.165, 1.54) is 21.8 Å². The highest BCUT2D eigenvalue weighted by Crippen LogP contribution is 2.49. The molecule has 11 nitrogen and oxygen atoms in total. The van der Waals surface area contributed by atoms with Gasteiger partial charge in [0.1, 0.15) is 24.7 Å². The summed E-state index contributed by atoms with van der Waals surface area (Å²) in [6, 6.07) is 9.85. The fraction of sp³-hybridized carbons (Fsp3) is 0.419. The third kappa shape index (κ3) is 6.21. The van der Waals surface area contributed by atoms with Gasteiger partial charge in [-0.3, -0.25) is 4.31 Å². The van der Waals surface area contributed by atoms with Crippen LogP contribution in [0.3, 0.4) is 0 Å². The van der Waals surface area contributed by atoms with Crippen molar-refractivity contribution in [2.45, 2.75) is 32.2 Å². The van der Waals surface area contributed by atoms with Gasteiger partial charge in [0.05, 0.1) is 11.9 Å². The second-order valence-corrected chi connectivity index (χ2v) is 13.1. The number of fused-ring (bicyclic) bond motifs is 1. The van der Waals surface area contributed by atoms with Gasteiger partial charge in [0.25, 0.3) is 0 Å². The average molecular weight is 606 g/mol. The molecule has 2 aliphatic heterocycles. The first-order valence-corrected chi connectivity index (χ1v) is 16.6. The van der Waals surface area contributed by atoms with Gasteiger partial charge in [-0.15, -0.1) is 0 Å². The van der Waals surface area contributed by atoms with Crippen molar-refractivity contribution in [3.8, 4) is 11.5 Å². The Kier molecular flexibility index (Phi) is 8.06. The van der Waals surface area contributed by atoms with Crippen LogP contribution in [0.4, 0.5) is 34.5 Å². The summed E-state index contributed by atoms with van der Waals surface area (Å²) in [5, 5.41) is 6.73. The van der Waals surface area contributed by atoms with E-state index in [1.54, 1.807) is 24.4 Å². The number of likely N-dealkylation sites (N-methyl/N-ethyl adjacent to an activating group) is 1. The van der Waals surface area contributed by atoms with Gasteiger partial charge in [-0.1, -0.05) is 19.6 Å². The number of benzene rings is 2. The van der Waals surface area contributed by atoms with E-state index in [1.807, 2.05) is 0 Å². The van der Waals surface area contributed by atoms with Gasteiger partial charge in [0.2, 0.25) is 16.0 Å². The van der Waals surface area contributed by atoms with Gasteiger partial charge in [-0.25, -0.2) is 13.4 Å². The van der Waals surface area contributed by atoms with Gasteiger partial charge in [0.15, 0.2) is 11.5 Å². The minimum atomic E-state index is -3.60. The molecule has 1 aromatic heterocycles. The first kappa shape index (κ1) is 29.1. The predicted octanol–water partition coefficient (Wildman–Crippen LogP) is 4.62. The van der Waals surface area contributed by atoms with Gasteiger partial charge in [-0.2, -0.15) is 4.98 Å². The summed E-state index contributed by atoms with van der Waals surface area (Å²) < 4.78 is 39.3. The predicted molar refractivity (Wildman–Crippen MR) is 172 cm³/mol. The third-order valence-electron chi connectivity index (χ3n) is 7.99. The SMILES string of the molecule is C=Cc1cnc(Nc2ccc(N3CCN(C)CC3)c(CC)c2)nc1Nc1ccc2c(c1N(C1CC1)S(C)(=O)=O)OCCO2. The summed E-state index contributed by atoms with van der Waals surface area (Å²) in [4.78, 5) is 14.1. The van der Waals surface area contributed by atoms with Crippen molar-refractivity contribution in [3.05, 3.63) is 54.2 Å². The molecule has 0 amide bonds. The van der Waals surface area contributed by atoms with Crippen LogP contribution >= 0.6 is 0 Å². The van der Waals surface area contributed by atoms with Crippen LogP contribution in [-0.2, 0) is 16.4 Å². The number of nitrogens with one attached hydrogen (secondary N) is 2. The number of piperazine rings is 1. The molecule has 12 heteroatoms. The molecule has 228 valence electrons. The third-order valence-corrected chi connectivity index (χ3v) is 9.18. The number of aromatic nitrogens is 2. The summed E-state index contributed by atoms with van der Waals surface area (Å²) in [6.45, 7) is 11.0. The van der Waals surface area contributed by atoms with E-state index in [9.17, 15) is 8.42 Å². The molecule has 3 aliphatic rings. The van der Waals surface area contributed by atoms with E-state index >= 15 is 0 Å². The van der Waals surface area contributed by atoms with Crippen LogP contribution in [0.2, 0.25) is 0 Å². The minimum Gasteiger partial charge on any atom is -0.486 e. The van der Waals surface area contributed by atoms with Crippen molar-refractivity contribution in [2.24, 2.45) is 0 Å². The second kappa shape index (κ2) is 11.9. The van der Waals surface area contributed by atoms with Gasteiger partial charge in [-0.05, 0) is 62.2 Å². The van der Waals surface area contributed by atoms with Gasteiger partial charge < -0.3 is 29.9 Å². The number of hydrogen-bond acceptors (Lipinski definition) is 10. The van der Waals surface area contributed by atoms with Crippen molar-refractivity contribution in [3.63, 3.8) is 0 Å². The quantitative estimate of drug-likeness (QED) is 0.340. The zero-order valence-electron chi connectivity index (χ0n) is 25.0. The highest BCUT2D eigenvalue weighted by atomic mass is 32.2. The number of sulfonamides is 1. The zero-order chi connectivity index (χ0) is 30.1. The smallest absolute Gasteiger partial charge is 0.232 e. The maximum atomic E-state index is 13.0. The lowest BCUT2D eigenvalue weighted by molar-refractivity contribution is 0.172. The fourth-order valence-corrected chi connectivity index (χ4v) is 6.87. The Labute approximate surface area is 253 Å². The summed E-state index contributed by atoms with van der Waals surface area (Å²) in [7, 11) is -1.44. The van der Waals surface area contributed by atoms with Crippen molar-refractivity contribution >= 4 is 50.6 Å². The summed E-state index contributed by atoms with van der Waals surface area (Å²) >= 11 is 0. The molecular weight excluding hydrogens is 566 g/mol. The molecule has 2 aromatic carbocycles. The molecule has 0 bridgehead atoms. The summed E-state index contributed by atoms with van der Waals surface area (Å²) in [5.74, 6) is 1.82. The molecule has 2 fully saturated rings. The number of hydrogen-bond donors (Lipinski definition) is 2. The maximum absolute atomic E-state index is 13.0. The second-order valence-electron chi connectivity index (χ2n) is 11.2. The molecule has 0 atom stereocenters. The number of ether oxygens (including phenoxy) is 2. The van der Waals surface area contributed by atoms with Crippen LogP contribution in [0.25, 0.3) is 6.08 Å². The molecule has 6 rings (SSSR count). The molecule has 1 saturated heterocycles. The van der Waals surface area contributed by atoms with E-state index in [0.717, 1.165) is 51.1 Å². The lowest BCUT2D eigenvalue weighted by Crippen LogP contribution is -2.44. The number of aryl methyl sites for hydroxylation is 1. The highest BCUT2D eigenvalue weighted by molar-refractivity contribution is 7.92. The molecule has 0 radical (unpaired) electrons. The van der Waals surface area contributed by atoms with Crippen LogP contribution in [0.5, 0.6) is 11.5 Å². The largest absolute Gasteiger partial charge is 0.486 e. The lowest BCUT2D eigenvalue weighted by atomic mass is 10.1. The Morgan fingerprint density at radius 1 is 1.09 bits per heavy atom. The Morgan fingerprint density at radius 3 is 2.56 bits per heavy atom. The van der Waals surface area contributed by atoms with Gasteiger partial charge in [0, 0.05) is 55.4 Å². The zero-order valence-corrected chi connectivity index (χ0v) is 25.8. The first-order valence-electron chi connectivity index (χ1n) is 14.8. The van der Waals surface area contributed by atoms with E-state index in [2.05, 4.69) is 64.2 Å². The van der Waals surface area contributed by atoms with E-state index in [-0.39, 0.29) is 6.04 Å². The molecule has 1 aliphatic carbocycles. The van der Waals surface area contributed by atoms with E-state index in [0.29, 0.717) is 53.4 Å². The van der Waals surface area contributed by atoms with E-state index < -0.39 is 10.0 Å². The van der Waals surface area contributed by atoms with Crippen LogP contribution in [0, 0.1) is 0 Å². The monoisotopic (exact) mass is 605 g/mol. The van der Waals surface area contributed by atoms with Crippen molar-refractivity contribution in [2.75, 3.05) is 72.5 Å². The van der Waals surface area contributed by atoms with Crippen LogP contribution in [0.1, 0.15) is 30.9 Å². The van der Waals surface area contributed by atoms with Gasteiger partial charge >= 0.3 is 0 Å². The average Bonchev–Trinajstić information content (AvgIpc) is 3.83. The molecule has 3 heterocycles. The molecule has 2 N–H and O–H groups in total. The van der Waals surface area contributed by atoms with Crippen LogP contribution < -0.4 is 29.3 Å². The number of rotatable bonds is 10. The molecule has 0 spiro atoms. The summed E-state index contributed by atoms with van der Waals surface area (Å²) in [6.07, 6.45) is 7.05. The molecule has 3 aromatic rings.